The van der Waals surface area contributed by atoms with Crippen LogP contribution in [0.4, 0.5) is 0 Å². The van der Waals surface area contributed by atoms with E-state index in [0.717, 1.165) is 0 Å². The van der Waals surface area contributed by atoms with Crippen molar-refractivity contribution in [2.45, 2.75) is 6.92 Å². The summed E-state index contributed by atoms with van der Waals surface area (Å²) in [5.41, 5.74) is -0.386. The van der Waals surface area contributed by atoms with E-state index in [1.165, 1.54) is 12.1 Å². The molecule has 1 rings (SSSR count). The van der Waals surface area contributed by atoms with E-state index in [2.05, 4.69) is 9.72 Å². The Morgan fingerprint density at radius 3 is 2.92 bits per heavy atom. The summed E-state index contributed by atoms with van der Waals surface area (Å²) in [6.45, 7) is 1.92. The molecule has 0 aliphatic heterocycles. The highest BCUT2D eigenvalue weighted by Gasteiger charge is 2.11. The fourth-order valence-electron chi connectivity index (χ4n) is 0.809. The van der Waals surface area contributed by atoms with Gasteiger partial charge in [-0.25, -0.2) is 4.79 Å². The number of carbonyl (C=O) groups excluding carboxylic acids is 1. The highest BCUT2D eigenvalue weighted by atomic mass is 35.5. The maximum Gasteiger partial charge on any atom is 0.356 e. The molecule has 1 aromatic rings. The van der Waals surface area contributed by atoms with Crippen LogP contribution in [-0.2, 0) is 4.74 Å². The molecule has 0 spiro atoms. The second kappa shape index (κ2) is 4.09. The minimum atomic E-state index is -0.620. The first-order valence-corrected chi connectivity index (χ1v) is 4.09. The van der Waals surface area contributed by atoms with Crippen LogP contribution in [0.2, 0.25) is 5.02 Å². The van der Waals surface area contributed by atoms with Crippen molar-refractivity contribution >= 4 is 17.6 Å². The van der Waals surface area contributed by atoms with Crippen molar-refractivity contribution in [3.63, 3.8) is 0 Å². The van der Waals surface area contributed by atoms with E-state index >= 15 is 0 Å². The van der Waals surface area contributed by atoms with Crippen LogP contribution < -0.4 is 5.56 Å². The van der Waals surface area contributed by atoms with E-state index in [0.29, 0.717) is 0 Å². The van der Waals surface area contributed by atoms with Gasteiger partial charge in [-0.2, -0.15) is 0 Å². The van der Waals surface area contributed by atoms with Gasteiger partial charge in [0.1, 0.15) is 5.69 Å². The molecule has 0 aliphatic carbocycles. The van der Waals surface area contributed by atoms with Gasteiger partial charge in [0.25, 0.3) is 0 Å². The molecule has 0 radical (unpaired) electrons. The number of esters is 1. The van der Waals surface area contributed by atoms with Gasteiger partial charge in [0.05, 0.1) is 11.6 Å². The van der Waals surface area contributed by atoms with Gasteiger partial charge in [-0.1, -0.05) is 11.6 Å². The summed E-state index contributed by atoms with van der Waals surface area (Å²) in [6, 6.07) is 2.59. The van der Waals surface area contributed by atoms with Crippen molar-refractivity contribution in [3.05, 3.63) is 33.2 Å². The summed E-state index contributed by atoms with van der Waals surface area (Å²) < 4.78 is 4.67. The molecule has 0 aromatic carbocycles. The lowest BCUT2D eigenvalue weighted by Gasteiger charge is -2.02. The minimum Gasteiger partial charge on any atom is -0.461 e. The number of nitrogens with one attached hydrogen (secondary N) is 1. The van der Waals surface area contributed by atoms with Crippen LogP contribution in [0, 0.1) is 0 Å². The van der Waals surface area contributed by atoms with Crippen LogP contribution in [0.5, 0.6) is 0 Å². The Morgan fingerprint density at radius 1 is 1.62 bits per heavy atom. The smallest absolute Gasteiger partial charge is 0.356 e. The summed E-state index contributed by atoms with van der Waals surface area (Å²) in [6.07, 6.45) is 0. The van der Waals surface area contributed by atoms with E-state index in [-0.39, 0.29) is 22.9 Å². The molecule has 0 amide bonds. The third-order valence-electron chi connectivity index (χ3n) is 1.35. The van der Waals surface area contributed by atoms with E-state index in [1.54, 1.807) is 6.92 Å². The zero-order chi connectivity index (χ0) is 9.84. The fraction of sp³-hybridized carbons (Fsp3) is 0.250. The lowest BCUT2D eigenvalue weighted by atomic mass is 10.3. The van der Waals surface area contributed by atoms with Crippen LogP contribution in [-0.4, -0.2) is 17.6 Å². The number of hydrogen-bond donors (Lipinski definition) is 1. The van der Waals surface area contributed by atoms with Crippen molar-refractivity contribution in [1.82, 2.24) is 4.98 Å². The van der Waals surface area contributed by atoms with Gasteiger partial charge in [0.2, 0.25) is 5.56 Å². The lowest BCUT2D eigenvalue weighted by Crippen LogP contribution is -2.14. The molecule has 0 bridgehead atoms. The second-order valence-corrected chi connectivity index (χ2v) is 2.67. The Bertz CT molecular complexity index is 372. The van der Waals surface area contributed by atoms with Crippen molar-refractivity contribution < 1.29 is 9.53 Å². The van der Waals surface area contributed by atoms with Gasteiger partial charge >= 0.3 is 5.97 Å². The maximum absolute atomic E-state index is 11.1. The predicted octanol–water partition coefficient (Wildman–Crippen LogP) is 1.21. The zero-order valence-corrected chi connectivity index (χ0v) is 7.72. The van der Waals surface area contributed by atoms with Gasteiger partial charge in [0, 0.05) is 6.07 Å². The highest BCUT2D eigenvalue weighted by molar-refractivity contribution is 6.33. The predicted molar refractivity (Wildman–Crippen MR) is 48.0 cm³/mol. The maximum atomic E-state index is 11.1. The first-order chi connectivity index (χ1) is 6.15. The molecule has 0 fully saturated rings. The van der Waals surface area contributed by atoms with E-state index < -0.39 is 5.97 Å². The van der Waals surface area contributed by atoms with Crippen molar-refractivity contribution in [2.75, 3.05) is 6.61 Å². The Kier molecular flexibility index (Phi) is 3.08. The number of ether oxygens (including phenoxy) is 1. The Labute approximate surface area is 79.5 Å². The average molecular weight is 202 g/mol. The van der Waals surface area contributed by atoms with Crippen LogP contribution in [0.1, 0.15) is 17.4 Å². The monoisotopic (exact) mass is 201 g/mol. The topological polar surface area (TPSA) is 59.2 Å². The normalized spacial score (nSPS) is 9.69. The molecule has 0 atom stereocenters. The molecule has 0 aliphatic rings. The third-order valence-corrected chi connectivity index (χ3v) is 1.66. The summed E-state index contributed by atoms with van der Waals surface area (Å²) >= 11 is 5.66. The quantitative estimate of drug-likeness (QED) is 0.732. The van der Waals surface area contributed by atoms with E-state index in [4.69, 9.17) is 11.6 Å². The van der Waals surface area contributed by atoms with Gasteiger partial charge in [0.15, 0.2) is 0 Å². The molecular formula is C8H8ClNO3. The van der Waals surface area contributed by atoms with Gasteiger partial charge < -0.3 is 9.72 Å². The highest BCUT2D eigenvalue weighted by Crippen LogP contribution is 2.11. The van der Waals surface area contributed by atoms with Crippen molar-refractivity contribution in [3.8, 4) is 0 Å². The molecular weight excluding hydrogens is 194 g/mol. The van der Waals surface area contributed by atoms with Crippen LogP contribution in [0.15, 0.2) is 16.9 Å². The Balaban J connectivity index is 3.06. The Morgan fingerprint density at radius 2 is 2.31 bits per heavy atom. The number of H-pyrrole nitrogens is 1. The number of pyridine rings is 1. The molecule has 4 nitrogen and oxygen atoms in total. The van der Waals surface area contributed by atoms with Gasteiger partial charge in [-0.05, 0) is 13.0 Å². The molecule has 1 aromatic heterocycles. The number of aromatic nitrogens is 1. The SMILES string of the molecule is CCOC(=O)c1[nH]c(=O)ccc1Cl. The molecule has 70 valence electrons. The molecule has 0 unspecified atom stereocenters. The van der Waals surface area contributed by atoms with Crippen molar-refractivity contribution in [2.24, 2.45) is 0 Å². The number of hydrogen-bond acceptors (Lipinski definition) is 3. The summed E-state index contributed by atoms with van der Waals surface area (Å²) in [4.78, 5) is 24.3. The molecule has 5 heteroatoms. The fourth-order valence-corrected chi connectivity index (χ4v) is 0.996. The molecule has 0 saturated heterocycles. The van der Waals surface area contributed by atoms with Crippen LogP contribution in [0.3, 0.4) is 0 Å². The molecule has 13 heavy (non-hydrogen) atoms. The first-order valence-electron chi connectivity index (χ1n) is 3.71. The van der Waals surface area contributed by atoms with E-state index in [1.807, 2.05) is 0 Å². The number of rotatable bonds is 2. The standard InChI is InChI=1S/C8H8ClNO3/c1-2-13-8(12)7-5(9)3-4-6(11)10-7/h3-4H,2H2,1H3,(H,10,11). The molecule has 0 saturated carbocycles. The third kappa shape index (κ3) is 2.32. The second-order valence-electron chi connectivity index (χ2n) is 2.27. The Hall–Kier alpha value is -1.29. The summed E-state index contributed by atoms with van der Waals surface area (Å²) in [7, 11) is 0. The number of aromatic amines is 1. The van der Waals surface area contributed by atoms with E-state index in [9.17, 15) is 9.59 Å². The average Bonchev–Trinajstić information content (AvgIpc) is 2.09. The lowest BCUT2D eigenvalue weighted by molar-refractivity contribution is 0.0519. The summed E-state index contributed by atoms with van der Waals surface area (Å²) in [5.74, 6) is -0.620. The molecule has 1 heterocycles. The number of halogens is 1. The number of carbonyl (C=O) groups is 1. The van der Waals surface area contributed by atoms with Gasteiger partial charge in [-0.15, -0.1) is 0 Å². The van der Waals surface area contributed by atoms with Crippen molar-refractivity contribution in [1.29, 1.82) is 0 Å². The largest absolute Gasteiger partial charge is 0.461 e. The summed E-state index contributed by atoms with van der Waals surface area (Å²) in [5, 5.41) is 0.179. The molecule has 1 N–H and O–H groups in total. The van der Waals surface area contributed by atoms with Crippen LogP contribution >= 0.6 is 11.6 Å². The minimum absolute atomic E-state index is 0.00369. The van der Waals surface area contributed by atoms with Gasteiger partial charge in [-0.3, -0.25) is 4.79 Å². The zero-order valence-electron chi connectivity index (χ0n) is 6.96. The first kappa shape index (κ1) is 9.80. The van der Waals surface area contributed by atoms with Crippen LogP contribution in [0.25, 0.3) is 0 Å².